The zero-order valence-corrected chi connectivity index (χ0v) is 12.4. The molecule has 1 unspecified atom stereocenters. The van der Waals surface area contributed by atoms with E-state index in [1.807, 2.05) is 0 Å². The molecule has 0 heterocycles. The number of hydrogen-bond acceptors (Lipinski definition) is 0. The molecule has 0 fully saturated rings. The van der Waals surface area contributed by atoms with Crippen LogP contribution >= 0.6 is 0 Å². The molecule has 0 spiro atoms. The molecule has 21 heavy (non-hydrogen) atoms. The molecule has 0 bridgehead atoms. The van der Waals surface area contributed by atoms with Crippen molar-refractivity contribution in [2.45, 2.75) is 19.3 Å². The van der Waals surface area contributed by atoms with Crippen LogP contribution in [0.5, 0.6) is 0 Å². The lowest BCUT2D eigenvalue weighted by molar-refractivity contribution is 0.804. The smallest absolute Gasteiger partial charge is 0.0130 e. The van der Waals surface area contributed by atoms with Gasteiger partial charge < -0.3 is 0 Å². The lowest BCUT2D eigenvalue weighted by atomic mass is 9.85. The largest absolute Gasteiger partial charge is 0.0622 e. The highest BCUT2D eigenvalue weighted by atomic mass is 14.2. The minimum atomic E-state index is 0.411. The monoisotopic (exact) mass is 272 g/mol. The summed E-state index contributed by atoms with van der Waals surface area (Å²) in [5.41, 5.74) is 5.48. The fourth-order valence-electron chi connectivity index (χ4n) is 2.85. The van der Waals surface area contributed by atoms with Gasteiger partial charge in [0.1, 0.15) is 0 Å². The summed E-state index contributed by atoms with van der Waals surface area (Å²) in [4.78, 5) is 0. The summed E-state index contributed by atoms with van der Waals surface area (Å²) in [6.07, 6.45) is 1.04. The van der Waals surface area contributed by atoms with Gasteiger partial charge in [0.05, 0.1) is 0 Å². The molecule has 0 saturated heterocycles. The first-order chi connectivity index (χ1) is 10.3. The third-order valence-electron chi connectivity index (χ3n) is 3.93. The summed E-state index contributed by atoms with van der Waals surface area (Å²) in [6, 6.07) is 30.4. The zero-order chi connectivity index (χ0) is 14.5. The molecule has 0 saturated carbocycles. The summed E-state index contributed by atoms with van der Waals surface area (Å²) in [6.45, 7) is 2.16. The average molecular weight is 272 g/mol. The van der Waals surface area contributed by atoms with Crippen molar-refractivity contribution in [1.29, 1.82) is 0 Å². The van der Waals surface area contributed by atoms with Crippen LogP contribution in [-0.4, -0.2) is 0 Å². The molecule has 0 heteroatoms. The quantitative estimate of drug-likeness (QED) is 0.599. The maximum atomic E-state index is 2.31. The topological polar surface area (TPSA) is 0 Å². The first kappa shape index (κ1) is 13.6. The third kappa shape index (κ3) is 3.41. The van der Waals surface area contributed by atoms with E-state index >= 15 is 0 Å². The van der Waals surface area contributed by atoms with Crippen LogP contribution in [0.25, 0.3) is 0 Å². The van der Waals surface area contributed by atoms with Gasteiger partial charge in [-0.2, -0.15) is 0 Å². The fraction of sp³-hybridized carbons (Fsp3) is 0.143. The molecular formula is C21H20. The third-order valence-corrected chi connectivity index (χ3v) is 3.93. The lowest BCUT2D eigenvalue weighted by Crippen LogP contribution is -2.05. The molecule has 0 aliphatic heterocycles. The van der Waals surface area contributed by atoms with E-state index in [0.717, 1.165) is 6.42 Å². The molecule has 3 aromatic carbocycles. The molecule has 1 atom stereocenters. The van der Waals surface area contributed by atoms with E-state index in [2.05, 4.69) is 91.9 Å². The molecule has 0 radical (unpaired) electrons. The summed E-state index contributed by atoms with van der Waals surface area (Å²) >= 11 is 0. The predicted molar refractivity (Wildman–Crippen MR) is 89.6 cm³/mol. The van der Waals surface area contributed by atoms with Crippen LogP contribution in [0.2, 0.25) is 0 Å². The van der Waals surface area contributed by atoms with Gasteiger partial charge in [-0.1, -0.05) is 90.5 Å². The van der Waals surface area contributed by atoms with Gasteiger partial charge in [0.25, 0.3) is 0 Å². The normalized spacial score (nSPS) is 12.0. The molecule has 3 aromatic rings. The van der Waals surface area contributed by atoms with Gasteiger partial charge in [0.2, 0.25) is 0 Å². The summed E-state index contributed by atoms with van der Waals surface area (Å²) in [5, 5.41) is 0. The van der Waals surface area contributed by atoms with E-state index in [-0.39, 0.29) is 0 Å². The first-order valence-corrected chi connectivity index (χ1v) is 7.48. The highest BCUT2D eigenvalue weighted by Gasteiger charge is 2.14. The molecule has 0 amide bonds. The second kappa shape index (κ2) is 6.41. The van der Waals surface area contributed by atoms with Crippen LogP contribution in [0.15, 0.2) is 84.9 Å². The Morgan fingerprint density at radius 3 is 1.95 bits per heavy atom. The molecule has 0 nitrogen and oxygen atoms in total. The molecule has 104 valence electrons. The van der Waals surface area contributed by atoms with Crippen molar-refractivity contribution in [1.82, 2.24) is 0 Å². The number of benzene rings is 3. The number of aryl methyl sites for hydroxylation is 1. The van der Waals surface area contributed by atoms with E-state index in [1.54, 1.807) is 0 Å². The van der Waals surface area contributed by atoms with Crippen LogP contribution in [-0.2, 0) is 6.42 Å². The Morgan fingerprint density at radius 1 is 0.667 bits per heavy atom. The van der Waals surface area contributed by atoms with Crippen molar-refractivity contribution < 1.29 is 0 Å². The molecule has 0 aromatic heterocycles. The SMILES string of the molecule is Cc1cccc(C(Cc2ccccc2)c2ccccc2)c1. The van der Waals surface area contributed by atoms with Crippen molar-refractivity contribution in [3.8, 4) is 0 Å². The highest BCUT2D eigenvalue weighted by Crippen LogP contribution is 2.28. The first-order valence-electron chi connectivity index (χ1n) is 7.48. The molecule has 0 aliphatic rings. The van der Waals surface area contributed by atoms with Crippen molar-refractivity contribution in [3.63, 3.8) is 0 Å². The molecule has 0 aliphatic carbocycles. The van der Waals surface area contributed by atoms with Gasteiger partial charge in [-0.25, -0.2) is 0 Å². The minimum absolute atomic E-state index is 0.411. The summed E-state index contributed by atoms with van der Waals surface area (Å²) in [5.74, 6) is 0.411. The van der Waals surface area contributed by atoms with Gasteiger partial charge in [-0.05, 0) is 30.0 Å². The Bertz CT molecular complexity index is 683. The van der Waals surface area contributed by atoms with Crippen molar-refractivity contribution in [3.05, 3.63) is 107 Å². The fourth-order valence-corrected chi connectivity index (χ4v) is 2.85. The van der Waals surface area contributed by atoms with Crippen LogP contribution in [0.3, 0.4) is 0 Å². The molecule has 0 N–H and O–H groups in total. The van der Waals surface area contributed by atoms with Gasteiger partial charge in [-0.3, -0.25) is 0 Å². The minimum Gasteiger partial charge on any atom is -0.0622 e. The van der Waals surface area contributed by atoms with Crippen molar-refractivity contribution in [2.24, 2.45) is 0 Å². The number of rotatable bonds is 4. The lowest BCUT2D eigenvalue weighted by Gasteiger charge is -2.19. The van der Waals surface area contributed by atoms with E-state index in [4.69, 9.17) is 0 Å². The summed E-state index contributed by atoms with van der Waals surface area (Å²) in [7, 11) is 0. The maximum Gasteiger partial charge on any atom is 0.0130 e. The predicted octanol–water partition coefficient (Wildman–Crippen LogP) is 5.37. The van der Waals surface area contributed by atoms with Crippen molar-refractivity contribution in [2.75, 3.05) is 0 Å². The van der Waals surface area contributed by atoms with E-state index in [0.29, 0.717) is 5.92 Å². The highest BCUT2D eigenvalue weighted by molar-refractivity contribution is 5.36. The van der Waals surface area contributed by atoms with Crippen LogP contribution < -0.4 is 0 Å². The Kier molecular flexibility index (Phi) is 4.16. The maximum absolute atomic E-state index is 2.31. The number of hydrogen-bond donors (Lipinski definition) is 0. The van der Waals surface area contributed by atoms with Gasteiger partial charge >= 0.3 is 0 Å². The van der Waals surface area contributed by atoms with Gasteiger partial charge in [0, 0.05) is 5.92 Å². The molecular weight excluding hydrogens is 252 g/mol. The van der Waals surface area contributed by atoms with Crippen molar-refractivity contribution >= 4 is 0 Å². The standard InChI is InChI=1S/C21H20/c1-17-9-8-14-20(15-17)21(19-12-6-3-7-13-19)16-18-10-4-2-5-11-18/h2-15,21H,16H2,1H3. The van der Waals surface area contributed by atoms with E-state index < -0.39 is 0 Å². The van der Waals surface area contributed by atoms with E-state index in [1.165, 1.54) is 22.3 Å². The zero-order valence-electron chi connectivity index (χ0n) is 12.4. The second-order valence-electron chi connectivity index (χ2n) is 5.57. The summed E-state index contributed by atoms with van der Waals surface area (Å²) < 4.78 is 0. The second-order valence-corrected chi connectivity index (χ2v) is 5.57. The van der Waals surface area contributed by atoms with Crippen LogP contribution in [0, 0.1) is 6.92 Å². The Morgan fingerprint density at radius 2 is 1.29 bits per heavy atom. The molecule has 3 rings (SSSR count). The van der Waals surface area contributed by atoms with Crippen LogP contribution in [0.4, 0.5) is 0 Å². The van der Waals surface area contributed by atoms with Gasteiger partial charge in [-0.15, -0.1) is 0 Å². The van der Waals surface area contributed by atoms with Crippen LogP contribution in [0.1, 0.15) is 28.2 Å². The van der Waals surface area contributed by atoms with E-state index in [9.17, 15) is 0 Å². The Balaban J connectivity index is 1.99. The average Bonchev–Trinajstić information content (AvgIpc) is 2.54. The Labute approximate surface area is 127 Å². The van der Waals surface area contributed by atoms with Gasteiger partial charge in [0.15, 0.2) is 0 Å². The Hall–Kier alpha value is -2.34.